The molecule has 2 heterocycles. The molecule has 108 valence electrons. The van der Waals surface area contributed by atoms with Crippen LogP contribution in [-0.2, 0) is 0 Å². The summed E-state index contributed by atoms with van der Waals surface area (Å²) in [5.41, 5.74) is 2.53. The third-order valence-corrected chi connectivity index (χ3v) is 3.70. The number of hydrogen-bond donors (Lipinski definition) is 1. The van der Waals surface area contributed by atoms with Crippen LogP contribution in [0.2, 0.25) is 0 Å². The summed E-state index contributed by atoms with van der Waals surface area (Å²) in [5, 5.41) is 11.5. The minimum absolute atomic E-state index is 0.00456. The minimum Gasteiger partial charge on any atom is -0.634 e. The normalized spacial score (nSPS) is 16.0. The molecule has 5 nitrogen and oxygen atoms in total. The zero-order valence-electron chi connectivity index (χ0n) is 11.7. The van der Waals surface area contributed by atoms with Crippen molar-refractivity contribution in [3.63, 3.8) is 0 Å². The first-order chi connectivity index (χ1) is 10.2. The highest BCUT2D eigenvalue weighted by Gasteiger charge is 2.21. The number of nitrogens with one attached hydrogen (secondary N) is 1. The molecule has 0 spiro atoms. The van der Waals surface area contributed by atoms with Crippen molar-refractivity contribution in [2.45, 2.75) is 0 Å². The van der Waals surface area contributed by atoms with Crippen molar-refractivity contribution in [2.75, 3.05) is 26.2 Å². The average Bonchev–Trinajstić information content (AvgIpc) is 2.56. The molecular formula is C16H17N3O2. The summed E-state index contributed by atoms with van der Waals surface area (Å²) < 4.78 is 0. The Morgan fingerprint density at radius 2 is 1.81 bits per heavy atom. The van der Waals surface area contributed by atoms with Gasteiger partial charge in [-0.05, 0) is 24.3 Å². The van der Waals surface area contributed by atoms with E-state index in [1.54, 1.807) is 11.1 Å². The van der Waals surface area contributed by atoms with Crippen LogP contribution in [0.3, 0.4) is 0 Å². The van der Waals surface area contributed by atoms with E-state index < -0.39 is 0 Å². The number of amides is 1. The number of nitrogens with zero attached hydrogens (tertiary/aromatic N) is 2. The molecule has 2 aromatic rings. The Morgan fingerprint density at radius 3 is 2.43 bits per heavy atom. The lowest BCUT2D eigenvalue weighted by Crippen LogP contribution is -3.10. The fourth-order valence-corrected chi connectivity index (χ4v) is 2.46. The van der Waals surface area contributed by atoms with Gasteiger partial charge in [-0.2, -0.15) is 0 Å². The van der Waals surface area contributed by atoms with E-state index >= 15 is 0 Å². The first-order valence-electron chi connectivity index (χ1n) is 7.06. The highest BCUT2D eigenvalue weighted by atomic mass is 16.5. The molecular weight excluding hydrogens is 266 g/mol. The number of pyridine rings is 1. The van der Waals surface area contributed by atoms with Crippen LogP contribution >= 0.6 is 0 Å². The van der Waals surface area contributed by atoms with E-state index in [4.69, 9.17) is 0 Å². The number of benzene rings is 1. The fourth-order valence-electron chi connectivity index (χ4n) is 2.46. The van der Waals surface area contributed by atoms with Crippen LogP contribution in [0.1, 0.15) is 10.4 Å². The molecule has 0 saturated carbocycles. The fraction of sp³-hybridized carbons (Fsp3) is 0.250. The number of piperazine rings is 1. The summed E-state index contributed by atoms with van der Waals surface area (Å²) in [6.07, 6.45) is 1.75. The number of hydrogen-bond acceptors (Lipinski definition) is 3. The Labute approximate surface area is 123 Å². The lowest BCUT2D eigenvalue weighted by molar-refractivity contribution is -0.852. The summed E-state index contributed by atoms with van der Waals surface area (Å²) in [6.45, 7) is 1.99. The van der Waals surface area contributed by atoms with Gasteiger partial charge in [-0.15, -0.1) is 0 Å². The van der Waals surface area contributed by atoms with Crippen molar-refractivity contribution in [1.29, 1.82) is 0 Å². The molecule has 1 aliphatic rings. The van der Waals surface area contributed by atoms with E-state index in [0.717, 1.165) is 11.3 Å². The van der Waals surface area contributed by atoms with E-state index in [-0.39, 0.29) is 11.0 Å². The van der Waals surface area contributed by atoms with Crippen LogP contribution in [0.5, 0.6) is 0 Å². The van der Waals surface area contributed by atoms with Crippen LogP contribution in [0, 0.1) is 5.21 Å². The third kappa shape index (κ3) is 3.09. The average molecular weight is 283 g/mol. The Morgan fingerprint density at radius 1 is 1.10 bits per heavy atom. The molecule has 0 bridgehead atoms. The van der Waals surface area contributed by atoms with Crippen molar-refractivity contribution in [3.05, 3.63) is 59.4 Å². The number of rotatable bonds is 2. The van der Waals surface area contributed by atoms with Crippen molar-refractivity contribution in [3.8, 4) is 11.3 Å². The Hall–Kier alpha value is -2.24. The summed E-state index contributed by atoms with van der Waals surface area (Å²) >= 11 is 0. The maximum atomic E-state index is 12.4. The SMILES string of the molecule is O=C(c1ccc(-c2ccccn2)cc1)N1CC[NH+]([O-])CC1. The smallest absolute Gasteiger partial charge is 0.254 e. The maximum absolute atomic E-state index is 12.4. The van der Waals surface area contributed by atoms with Gasteiger partial charge in [0.1, 0.15) is 0 Å². The van der Waals surface area contributed by atoms with Gasteiger partial charge >= 0.3 is 0 Å². The second-order valence-corrected chi connectivity index (χ2v) is 5.12. The molecule has 1 aromatic carbocycles. The van der Waals surface area contributed by atoms with Gasteiger partial charge in [0, 0.05) is 17.3 Å². The van der Waals surface area contributed by atoms with Crippen molar-refractivity contribution < 1.29 is 9.86 Å². The molecule has 1 amide bonds. The van der Waals surface area contributed by atoms with Gasteiger partial charge in [0.2, 0.25) is 0 Å². The molecule has 3 rings (SSSR count). The monoisotopic (exact) mass is 283 g/mol. The van der Waals surface area contributed by atoms with Gasteiger partial charge in [-0.1, -0.05) is 18.2 Å². The van der Waals surface area contributed by atoms with Gasteiger partial charge in [0.05, 0.1) is 31.9 Å². The molecule has 1 aliphatic heterocycles. The number of hydroxylamine groups is 2. The summed E-state index contributed by atoms with van der Waals surface area (Å²) in [4.78, 5) is 18.4. The summed E-state index contributed by atoms with van der Waals surface area (Å²) in [7, 11) is 0. The van der Waals surface area contributed by atoms with E-state index in [2.05, 4.69) is 4.98 Å². The predicted molar refractivity (Wildman–Crippen MR) is 79.6 cm³/mol. The zero-order valence-corrected chi connectivity index (χ0v) is 11.7. The quantitative estimate of drug-likeness (QED) is 0.821. The van der Waals surface area contributed by atoms with E-state index in [9.17, 15) is 10.0 Å². The first-order valence-corrected chi connectivity index (χ1v) is 7.06. The Bertz CT molecular complexity index is 605. The van der Waals surface area contributed by atoms with Crippen LogP contribution in [0.15, 0.2) is 48.7 Å². The Balaban J connectivity index is 1.73. The second kappa shape index (κ2) is 6.03. The third-order valence-electron chi connectivity index (χ3n) is 3.70. The molecule has 0 aliphatic carbocycles. The number of carbonyl (C=O) groups excluding carboxylic acids is 1. The minimum atomic E-state index is -0.00456. The lowest BCUT2D eigenvalue weighted by Gasteiger charge is -2.34. The number of aromatic nitrogens is 1. The topological polar surface area (TPSA) is 60.7 Å². The van der Waals surface area contributed by atoms with Gasteiger partial charge in [-0.25, -0.2) is 0 Å². The van der Waals surface area contributed by atoms with E-state index in [1.165, 1.54) is 0 Å². The van der Waals surface area contributed by atoms with Crippen LogP contribution < -0.4 is 5.06 Å². The van der Waals surface area contributed by atoms with Crippen molar-refractivity contribution >= 4 is 5.91 Å². The Kier molecular flexibility index (Phi) is 3.94. The van der Waals surface area contributed by atoms with Crippen molar-refractivity contribution in [2.24, 2.45) is 0 Å². The molecule has 5 heteroatoms. The second-order valence-electron chi connectivity index (χ2n) is 5.12. The highest BCUT2D eigenvalue weighted by Crippen LogP contribution is 2.17. The molecule has 1 N–H and O–H groups in total. The highest BCUT2D eigenvalue weighted by molar-refractivity contribution is 5.94. The van der Waals surface area contributed by atoms with E-state index in [0.29, 0.717) is 31.7 Å². The van der Waals surface area contributed by atoms with Crippen LogP contribution in [0.4, 0.5) is 0 Å². The summed E-state index contributed by atoms with van der Waals surface area (Å²) in [5.74, 6) is -0.00456. The zero-order chi connectivity index (χ0) is 14.7. The molecule has 1 aromatic heterocycles. The first kappa shape index (κ1) is 13.7. The number of carbonyl (C=O) groups is 1. The van der Waals surface area contributed by atoms with Gasteiger partial charge < -0.3 is 15.2 Å². The van der Waals surface area contributed by atoms with Crippen molar-refractivity contribution in [1.82, 2.24) is 9.88 Å². The largest absolute Gasteiger partial charge is 0.634 e. The van der Waals surface area contributed by atoms with Gasteiger partial charge in [-0.3, -0.25) is 9.78 Å². The maximum Gasteiger partial charge on any atom is 0.254 e. The molecule has 0 radical (unpaired) electrons. The molecule has 1 fully saturated rings. The predicted octanol–water partition coefficient (Wildman–Crippen LogP) is 0.587. The summed E-state index contributed by atoms with van der Waals surface area (Å²) in [6, 6.07) is 13.2. The van der Waals surface area contributed by atoms with Crippen LogP contribution in [-0.4, -0.2) is 42.0 Å². The molecule has 0 unspecified atom stereocenters. The van der Waals surface area contributed by atoms with Crippen LogP contribution in [0.25, 0.3) is 11.3 Å². The molecule has 21 heavy (non-hydrogen) atoms. The van der Waals surface area contributed by atoms with Gasteiger partial charge in [0.25, 0.3) is 5.91 Å². The molecule has 1 saturated heterocycles. The standard InChI is InChI=1S/C16H17N3O2/c20-16(18-9-11-19(21)12-10-18)14-6-4-13(5-7-14)15-3-1-2-8-17-15/h1-8,19H,9-12H2. The lowest BCUT2D eigenvalue weighted by atomic mass is 10.1. The molecule has 0 atom stereocenters. The number of quaternary nitrogens is 1. The van der Waals surface area contributed by atoms with Gasteiger partial charge in [0.15, 0.2) is 0 Å². The van der Waals surface area contributed by atoms with E-state index in [1.807, 2.05) is 42.5 Å².